The van der Waals surface area contributed by atoms with Gasteiger partial charge in [0.1, 0.15) is 0 Å². The minimum Gasteiger partial charge on any atom is -0.397 e. The molecule has 0 aliphatic heterocycles. The molecule has 1 fully saturated rings. The Morgan fingerprint density at radius 2 is 1.68 bits per heavy atom. The molecule has 2 rings (SSSR count). The highest BCUT2D eigenvalue weighted by Gasteiger charge is 2.27. The Hall–Kier alpha value is -1.23. The Bertz CT molecular complexity index is 561. The molecule has 1 aromatic carbocycles. The molecule has 0 saturated heterocycles. The van der Waals surface area contributed by atoms with Crippen LogP contribution in [-0.4, -0.2) is 13.7 Å². The van der Waals surface area contributed by atoms with Crippen LogP contribution in [0.15, 0.2) is 12.1 Å². The molecule has 1 aliphatic carbocycles. The molecule has 4 nitrogen and oxygen atoms in total. The van der Waals surface area contributed by atoms with Crippen LogP contribution in [0.25, 0.3) is 0 Å². The fourth-order valence-corrected chi connectivity index (χ4v) is 4.14. The second-order valence-corrected chi connectivity index (χ2v) is 7.39. The average molecular weight is 282 g/mol. The first-order chi connectivity index (χ1) is 8.90. The lowest BCUT2D eigenvalue weighted by Gasteiger charge is -2.23. The first kappa shape index (κ1) is 14.2. The molecule has 3 N–H and O–H groups in total. The maximum atomic E-state index is 12.3. The molecule has 0 unspecified atom stereocenters. The van der Waals surface area contributed by atoms with Gasteiger partial charge in [-0.05, 0) is 49.9 Å². The number of nitrogen functional groups attached to an aromatic ring is 1. The number of sulfonamides is 1. The van der Waals surface area contributed by atoms with Gasteiger partial charge < -0.3 is 5.73 Å². The molecule has 106 valence electrons. The topological polar surface area (TPSA) is 72.2 Å². The second kappa shape index (κ2) is 5.41. The smallest absolute Gasteiger partial charge is 0.235 e. The van der Waals surface area contributed by atoms with E-state index < -0.39 is 10.0 Å². The summed E-state index contributed by atoms with van der Waals surface area (Å²) in [7, 11) is -3.32. The minimum absolute atomic E-state index is 0.276. The van der Waals surface area contributed by atoms with E-state index in [4.69, 9.17) is 5.73 Å². The van der Waals surface area contributed by atoms with Crippen molar-refractivity contribution in [1.29, 1.82) is 0 Å². The second-order valence-electron chi connectivity index (χ2n) is 5.43. The number of benzene rings is 1. The van der Waals surface area contributed by atoms with Gasteiger partial charge in [-0.2, -0.15) is 0 Å². The summed E-state index contributed by atoms with van der Waals surface area (Å²) in [6.45, 7) is 3.91. The van der Waals surface area contributed by atoms with Gasteiger partial charge in [-0.15, -0.1) is 0 Å². The van der Waals surface area contributed by atoms with E-state index in [9.17, 15) is 8.42 Å². The van der Waals surface area contributed by atoms with E-state index in [1.165, 1.54) is 0 Å². The predicted molar refractivity (Wildman–Crippen MR) is 79.7 cm³/mol. The van der Waals surface area contributed by atoms with Crippen molar-refractivity contribution in [2.24, 2.45) is 0 Å². The molecule has 1 saturated carbocycles. The van der Waals surface area contributed by atoms with E-state index in [-0.39, 0.29) is 5.25 Å². The number of nitrogens with one attached hydrogen (secondary N) is 1. The average Bonchev–Trinajstić information content (AvgIpc) is 2.37. The highest BCUT2D eigenvalue weighted by Crippen LogP contribution is 2.28. The van der Waals surface area contributed by atoms with Crippen LogP contribution in [-0.2, 0) is 10.0 Å². The molecular formula is C14H22N2O2S. The maximum Gasteiger partial charge on any atom is 0.235 e. The van der Waals surface area contributed by atoms with Gasteiger partial charge in [0, 0.05) is 0 Å². The minimum atomic E-state index is -3.32. The highest BCUT2D eigenvalue weighted by molar-refractivity contribution is 7.93. The summed E-state index contributed by atoms with van der Waals surface area (Å²) in [5, 5.41) is -0.276. The first-order valence-corrected chi connectivity index (χ1v) is 8.33. The molecule has 0 radical (unpaired) electrons. The van der Waals surface area contributed by atoms with Crippen LogP contribution in [0.5, 0.6) is 0 Å². The summed E-state index contributed by atoms with van der Waals surface area (Å²) in [6, 6.07) is 3.62. The van der Waals surface area contributed by atoms with Crippen molar-refractivity contribution < 1.29 is 8.42 Å². The van der Waals surface area contributed by atoms with Crippen LogP contribution >= 0.6 is 0 Å². The highest BCUT2D eigenvalue weighted by atomic mass is 32.2. The molecule has 5 heteroatoms. The van der Waals surface area contributed by atoms with Crippen molar-refractivity contribution in [2.75, 3.05) is 10.5 Å². The first-order valence-electron chi connectivity index (χ1n) is 6.78. The molecule has 19 heavy (non-hydrogen) atoms. The van der Waals surface area contributed by atoms with E-state index in [1.807, 2.05) is 26.0 Å². The zero-order valence-electron chi connectivity index (χ0n) is 11.6. The Kier molecular flexibility index (Phi) is 4.04. The fraction of sp³-hybridized carbons (Fsp3) is 0.571. The van der Waals surface area contributed by atoms with Crippen LogP contribution < -0.4 is 10.5 Å². The van der Waals surface area contributed by atoms with Crippen molar-refractivity contribution in [2.45, 2.75) is 51.2 Å². The van der Waals surface area contributed by atoms with Crippen LogP contribution in [0.1, 0.15) is 43.2 Å². The summed E-state index contributed by atoms with van der Waals surface area (Å²) in [5.41, 5.74) is 9.00. The van der Waals surface area contributed by atoms with Gasteiger partial charge >= 0.3 is 0 Å². The van der Waals surface area contributed by atoms with Crippen molar-refractivity contribution in [3.05, 3.63) is 23.3 Å². The summed E-state index contributed by atoms with van der Waals surface area (Å²) in [5.74, 6) is 0. The summed E-state index contributed by atoms with van der Waals surface area (Å²) < 4.78 is 27.3. The van der Waals surface area contributed by atoms with Crippen molar-refractivity contribution in [3.63, 3.8) is 0 Å². The Labute approximate surface area is 115 Å². The van der Waals surface area contributed by atoms with Crippen molar-refractivity contribution in [1.82, 2.24) is 0 Å². The van der Waals surface area contributed by atoms with Crippen molar-refractivity contribution in [3.8, 4) is 0 Å². The van der Waals surface area contributed by atoms with Crippen LogP contribution in [0.4, 0.5) is 11.4 Å². The van der Waals surface area contributed by atoms with Gasteiger partial charge in [0.25, 0.3) is 0 Å². The Morgan fingerprint density at radius 3 is 2.32 bits per heavy atom. The normalized spacial score (nSPS) is 17.4. The van der Waals surface area contributed by atoms with Gasteiger partial charge in [0.15, 0.2) is 0 Å². The number of nitrogens with two attached hydrogens (primary N) is 1. The SMILES string of the molecule is Cc1cc(N)c(NS(=O)(=O)C2CCCCC2)cc1C. The van der Waals surface area contributed by atoms with Gasteiger partial charge in [-0.3, -0.25) is 4.72 Å². The summed E-state index contributed by atoms with van der Waals surface area (Å²) in [4.78, 5) is 0. The molecule has 1 aromatic rings. The predicted octanol–water partition coefficient (Wildman–Crippen LogP) is 2.96. The molecular weight excluding hydrogens is 260 g/mol. The van der Waals surface area contributed by atoms with Crippen LogP contribution in [0.3, 0.4) is 0 Å². The lowest BCUT2D eigenvalue weighted by molar-refractivity contribution is 0.486. The maximum absolute atomic E-state index is 12.3. The molecule has 0 aromatic heterocycles. The van der Waals surface area contributed by atoms with E-state index in [1.54, 1.807) is 0 Å². The van der Waals surface area contributed by atoms with Gasteiger partial charge in [0.2, 0.25) is 10.0 Å². The quantitative estimate of drug-likeness (QED) is 0.837. The molecule has 0 atom stereocenters. The molecule has 0 bridgehead atoms. The third-order valence-corrected chi connectivity index (χ3v) is 5.76. The number of anilines is 2. The van der Waals surface area contributed by atoms with Crippen LogP contribution in [0, 0.1) is 13.8 Å². The lowest BCUT2D eigenvalue weighted by atomic mass is 10.0. The summed E-state index contributed by atoms with van der Waals surface area (Å²) >= 11 is 0. The van der Waals surface area contributed by atoms with Gasteiger partial charge in [-0.25, -0.2) is 8.42 Å². The Morgan fingerprint density at radius 1 is 1.11 bits per heavy atom. The van der Waals surface area contributed by atoms with E-state index >= 15 is 0 Å². The third-order valence-electron chi connectivity index (χ3n) is 3.91. The van der Waals surface area contributed by atoms with E-state index in [0.29, 0.717) is 11.4 Å². The molecule has 0 amide bonds. The molecule has 1 aliphatic rings. The van der Waals surface area contributed by atoms with Gasteiger partial charge in [-0.1, -0.05) is 19.3 Å². The lowest BCUT2D eigenvalue weighted by Crippen LogP contribution is -2.30. The molecule has 0 spiro atoms. The fourth-order valence-electron chi connectivity index (χ4n) is 2.54. The van der Waals surface area contributed by atoms with Gasteiger partial charge in [0.05, 0.1) is 16.6 Å². The third kappa shape index (κ3) is 3.21. The number of hydrogen-bond acceptors (Lipinski definition) is 3. The van der Waals surface area contributed by atoms with Crippen molar-refractivity contribution >= 4 is 21.4 Å². The zero-order chi connectivity index (χ0) is 14.0. The molecule has 0 heterocycles. The number of rotatable bonds is 3. The Balaban J connectivity index is 2.22. The summed E-state index contributed by atoms with van der Waals surface area (Å²) in [6.07, 6.45) is 4.62. The largest absolute Gasteiger partial charge is 0.397 e. The van der Waals surface area contributed by atoms with E-state index in [2.05, 4.69) is 4.72 Å². The van der Waals surface area contributed by atoms with Crippen LogP contribution in [0.2, 0.25) is 0 Å². The standard InChI is InChI=1S/C14H22N2O2S/c1-10-8-13(15)14(9-11(10)2)16-19(17,18)12-6-4-3-5-7-12/h8-9,12,16H,3-7,15H2,1-2H3. The zero-order valence-corrected chi connectivity index (χ0v) is 12.4. The number of aryl methyl sites for hydroxylation is 2. The monoisotopic (exact) mass is 282 g/mol. The van der Waals surface area contributed by atoms with E-state index in [0.717, 1.165) is 43.2 Å². The number of hydrogen-bond donors (Lipinski definition) is 2.